The number of hydrogen-bond acceptors (Lipinski definition) is 3. The highest BCUT2D eigenvalue weighted by atomic mass is 19.1. The number of aryl methyl sites for hydroxylation is 1. The molecule has 27 heavy (non-hydrogen) atoms. The third-order valence-corrected chi connectivity index (χ3v) is 6.12. The van der Waals surface area contributed by atoms with Crippen LogP contribution < -0.4 is 0 Å². The van der Waals surface area contributed by atoms with Crippen molar-refractivity contribution in [2.45, 2.75) is 62.8 Å². The molecule has 1 aliphatic heterocycles. The minimum atomic E-state index is -0.508. The summed E-state index contributed by atoms with van der Waals surface area (Å²) in [5.74, 6) is -0.189. The fourth-order valence-corrected chi connectivity index (χ4v) is 4.33. The molecule has 1 saturated carbocycles. The standard InChI is InChI=1S/C23H27FO3/c1-2-15-3-6-17(7-4-15)23(9-10-23)20-11-16(5-8-21(20)24)22-13-18(26)12-19(14-25)27-22/h3-8,11,18-19,22,25-26H,2,9-10,12-14H2,1H3. The van der Waals surface area contributed by atoms with Crippen LogP contribution in [0.25, 0.3) is 0 Å². The van der Waals surface area contributed by atoms with Gasteiger partial charge in [-0.25, -0.2) is 4.39 Å². The van der Waals surface area contributed by atoms with Crippen molar-refractivity contribution >= 4 is 0 Å². The van der Waals surface area contributed by atoms with E-state index in [9.17, 15) is 14.6 Å². The lowest BCUT2D eigenvalue weighted by atomic mass is 9.85. The van der Waals surface area contributed by atoms with Crippen LogP contribution in [0.2, 0.25) is 0 Å². The predicted octanol–water partition coefficient (Wildman–Crippen LogP) is 4.04. The van der Waals surface area contributed by atoms with Crippen LogP contribution in [0.1, 0.15) is 61.0 Å². The van der Waals surface area contributed by atoms with Crippen molar-refractivity contribution in [3.05, 3.63) is 70.5 Å². The zero-order valence-electron chi connectivity index (χ0n) is 15.7. The number of benzene rings is 2. The highest BCUT2D eigenvalue weighted by molar-refractivity contribution is 5.47. The van der Waals surface area contributed by atoms with Crippen molar-refractivity contribution in [3.63, 3.8) is 0 Å². The van der Waals surface area contributed by atoms with Gasteiger partial charge in [-0.3, -0.25) is 0 Å². The molecule has 1 saturated heterocycles. The fourth-order valence-electron chi connectivity index (χ4n) is 4.33. The normalized spacial score (nSPS) is 26.7. The first-order chi connectivity index (χ1) is 13.1. The van der Waals surface area contributed by atoms with E-state index in [1.165, 1.54) is 11.6 Å². The Bertz CT molecular complexity index is 798. The van der Waals surface area contributed by atoms with Crippen molar-refractivity contribution < 1.29 is 19.3 Å². The lowest BCUT2D eigenvalue weighted by Crippen LogP contribution is -2.33. The number of aliphatic hydroxyl groups excluding tert-OH is 2. The summed E-state index contributed by atoms with van der Waals surface area (Å²) in [5, 5.41) is 19.5. The molecule has 1 aliphatic carbocycles. The van der Waals surface area contributed by atoms with E-state index in [4.69, 9.17) is 4.74 Å². The van der Waals surface area contributed by atoms with Gasteiger partial charge in [-0.2, -0.15) is 0 Å². The lowest BCUT2D eigenvalue weighted by molar-refractivity contribution is -0.113. The molecule has 0 aromatic heterocycles. The molecule has 2 fully saturated rings. The highest BCUT2D eigenvalue weighted by Crippen LogP contribution is 2.54. The Hall–Kier alpha value is -1.75. The minimum absolute atomic E-state index is 0.116. The molecule has 3 atom stereocenters. The fraction of sp³-hybridized carbons (Fsp3) is 0.478. The first-order valence-electron chi connectivity index (χ1n) is 9.89. The van der Waals surface area contributed by atoms with Crippen LogP contribution in [0, 0.1) is 5.82 Å². The molecular formula is C23H27FO3. The van der Waals surface area contributed by atoms with Crippen molar-refractivity contribution in [3.8, 4) is 0 Å². The molecule has 144 valence electrons. The summed E-state index contributed by atoms with van der Waals surface area (Å²) in [7, 11) is 0. The molecule has 2 aromatic carbocycles. The summed E-state index contributed by atoms with van der Waals surface area (Å²) >= 11 is 0. The van der Waals surface area contributed by atoms with Gasteiger partial charge in [0.15, 0.2) is 0 Å². The Morgan fingerprint density at radius 1 is 1.11 bits per heavy atom. The first kappa shape index (κ1) is 18.6. The van der Waals surface area contributed by atoms with Crippen molar-refractivity contribution in [1.82, 2.24) is 0 Å². The third-order valence-electron chi connectivity index (χ3n) is 6.12. The maximum atomic E-state index is 14.8. The summed E-state index contributed by atoms with van der Waals surface area (Å²) in [6, 6.07) is 13.7. The van der Waals surface area contributed by atoms with Crippen LogP contribution in [0.15, 0.2) is 42.5 Å². The zero-order valence-corrected chi connectivity index (χ0v) is 15.7. The van der Waals surface area contributed by atoms with Crippen LogP contribution in [0.3, 0.4) is 0 Å². The molecule has 0 amide bonds. The summed E-state index contributed by atoms with van der Waals surface area (Å²) < 4.78 is 20.7. The number of aliphatic hydroxyl groups is 2. The van der Waals surface area contributed by atoms with Crippen LogP contribution >= 0.6 is 0 Å². The number of rotatable bonds is 5. The second-order valence-electron chi connectivity index (χ2n) is 7.93. The van der Waals surface area contributed by atoms with Crippen LogP contribution in [0.5, 0.6) is 0 Å². The van der Waals surface area contributed by atoms with E-state index < -0.39 is 6.10 Å². The van der Waals surface area contributed by atoms with Crippen LogP contribution in [0.4, 0.5) is 4.39 Å². The molecule has 2 aliphatic rings. The van der Waals surface area contributed by atoms with Gasteiger partial charge in [0.05, 0.1) is 24.9 Å². The van der Waals surface area contributed by atoms with Crippen LogP contribution in [-0.2, 0) is 16.6 Å². The summed E-state index contributed by atoms with van der Waals surface area (Å²) in [6.07, 6.45) is 2.58. The Balaban J connectivity index is 1.66. The average molecular weight is 370 g/mol. The number of halogens is 1. The smallest absolute Gasteiger partial charge is 0.127 e. The molecule has 4 rings (SSSR count). The molecule has 4 heteroatoms. The zero-order chi connectivity index (χ0) is 19.0. The third kappa shape index (κ3) is 3.54. The van der Waals surface area contributed by atoms with Crippen LogP contribution in [-0.4, -0.2) is 29.0 Å². The second kappa shape index (κ2) is 7.34. The van der Waals surface area contributed by atoms with Gasteiger partial charge in [0.2, 0.25) is 0 Å². The molecular weight excluding hydrogens is 343 g/mol. The van der Waals surface area contributed by atoms with Gasteiger partial charge in [0.25, 0.3) is 0 Å². The van der Waals surface area contributed by atoms with E-state index >= 15 is 0 Å². The average Bonchev–Trinajstić information content (AvgIpc) is 3.49. The largest absolute Gasteiger partial charge is 0.394 e. The molecule has 3 unspecified atom stereocenters. The molecule has 1 heterocycles. The first-order valence-corrected chi connectivity index (χ1v) is 9.89. The SMILES string of the molecule is CCc1ccc(C2(c3cc(C4CC(O)CC(CO)O4)ccc3F)CC2)cc1. The summed E-state index contributed by atoms with van der Waals surface area (Å²) in [6.45, 7) is 2.01. The van der Waals surface area contributed by atoms with Gasteiger partial charge >= 0.3 is 0 Å². The van der Waals surface area contributed by atoms with E-state index in [-0.39, 0.29) is 30.0 Å². The number of hydrogen-bond donors (Lipinski definition) is 2. The predicted molar refractivity (Wildman–Crippen MR) is 102 cm³/mol. The maximum Gasteiger partial charge on any atom is 0.127 e. The summed E-state index contributed by atoms with van der Waals surface area (Å²) in [5.41, 5.74) is 3.78. The second-order valence-corrected chi connectivity index (χ2v) is 7.93. The molecule has 0 bridgehead atoms. The Labute approximate surface area is 159 Å². The monoisotopic (exact) mass is 370 g/mol. The van der Waals surface area contributed by atoms with E-state index in [1.54, 1.807) is 6.07 Å². The van der Waals surface area contributed by atoms with E-state index in [1.807, 2.05) is 6.07 Å². The van der Waals surface area contributed by atoms with Gasteiger partial charge < -0.3 is 14.9 Å². The van der Waals surface area contributed by atoms with E-state index in [0.29, 0.717) is 18.4 Å². The van der Waals surface area contributed by atoms with Crippen molar-refractivity contribution in [2.75, 3.05) is 6.61 Å². The molecule has 2 aromatic rings. The summed E-state index contributed by atoms with van der Waals surface area (Å²) in [4.78, 5) is 0. The lowest BCUT2D eigenvalue weighted by Gasteiger charge is -2.33. The van der Waals surface area contributed by atoms with Gasteiger partial charge in [0, 0.05) is 18.3 Å². The van der Waals surface area contributed by atoms with E-state index in [2.05, 4.69) is 31.2 Å². The van der Waals surface area contributed by atoms with Gasteiger partial charge in [0.1, 0.15) is 5.82 Å². The molecule has 2 N–H and O–H groups in total. The van der Waals surface area contributed by atoms with E-state index in [0.717, 1.165) is 30.4 Å². The molecule has 0 spiro atoms. The quantitative estimate of drug-likeness (QED) is 0.835. The number of ether oxygens (including phenoxy) is 1. The Morgan fingerprint density at radius 2 is 1.85 bits per heavy atom. The van der Waals surface area contributed by atoms with Gasteiger partial charge in [-0.1, -0.05) is 37.3 Å². The van der Waals surface area contributed by atoms with Crippen molar-refractivity contribution in [2.24, 2.45) is 0 Å². The maximum absolute atomic E-state index is 14.8. The van der Waals surface area contributed by atoms with Gasteiger partial charge in [-0.05, 0) is 53.6 Å². The minimum Gasteiger partial charge on any atom is -0.394 e. The Kier molecular flexibility index (Phi) is 5.06. The molecule has 3 nitrogen and oxygen atoms in total. The van der Waals surface area contributed by atoms with Gasteiger partial charge in [-0.15, -0.1) is 0 Å². The Morgan fingerprint density at radius 3 is 2.48 bits per heavy atom. The highest BCUT2D eigenvalue weighted by Gasteiger charge is 2.47. The van der Waals surface area contributed by atoms with Crippen molar-refractivity contribution in [1.29, 1.82) is 0 Å². The molecule has 0 radical (unpaired) electrons. The topological polar surface area (TPSA) is 49.7 Å².